The van der Waals surface area contributed by atoms with Crippen molar-refractivity contribution in [1.29, 1.82) is 0 Å². The molecule has 3 heteroatoms. The highest BCUT2D eigenvalue weighted by Gasteiger charge is 2.02. The highest BCUT2D eigenvalue weighted by atomic mass is 16.5. The minimum absolute atomic E-state index is 0.259. The Bertz CT molecular complexity index is 333. The summed E-state index contributed by atoms with van der Waals surface area (Å²) in [5, 5.41) is 0. The molecule has 0 amide bonds. The zero-order chi connectivity index (χ0) is 14.1. The van der Waals surface area contributed by atoms with Crippen molar-refractivity contribution in [2.75, 3.05) is 26.2 Å². The van der Waals surface area contributed by atoms with Crippen molar-refractivity contribution in [1.82, 2.24) is 4.90 Å². The van der Waals surface area contributed by atoms with Gasteiger partial charge in [-0.1, -0.05) is 32.9 Å². The number of hydrogen-bond donors (Lipinski definition) is 1. The molecule has 0 aromatic heterocycles. The Hall–Kier alpha value is -1.06. The first kappa shape index (κ1) is 16.0. The van der Waals surface area contributed by atoms with Gasteiger partial charge < -0.3 is 15.4 Å². The molecule has 19 heavy (non-hydrogen) atoms. The summed E-state index contributed by atoms with van der Waals surface area (Å²) < 4.78 is 5.75. The highest BCUT2D eigenvalue weighted by Crippen LogP contribution is 2.13. The summed E-state index contributed by atoms with van der Waals surface area (Å²) in [5.74, 6) is 0.945. The molecule has 1 atom stereocenters. The third-order valence-corrected chi connectivity index (χ3v) is 3.52. The van der Waals surface area contributed by atoms with E-state index in [0.29, 0.717) is 0 Å². The van der Waals surface area contributed by atoms with E-state index in [1.165, 1.54) is 5.56 Å². The fraction of sp³-hybridized carbons (Fsp3) is 0.625. The molecule has 0 bridgehead atoms. The third-order valence-electron chi connectivity index (χ3n) is 3.52. The van der Waals surface area contributed by atoms with Crippen LogP contribution in [-0.4, -0.2) is 37.2 Å². The van der Waals surface area contributed by atoms with Crippen molar-refractivity contribution in [3.63, 3.8) is 0 Å². The minimum Gasteiger partial charge on any atom is -0.492 e. The van der Waals surface area contributed by atoms with Crippen LogP contribution in [0, 0.1) is 0 Å². The van der Waals surface area contributed by atoms with E-state index in [1.54, 1.807) is 0 Å². The van der Waals surface area contributed by atoms with Gasteiger partial charge >= 0.3 is 0 Å². The molecule has 0 heterocycles. The maximum atomic E-state index is 5.95. The van der Waals surface area contributed by atoms with Crippen molar-refractivity contribution in [2.24, 2.45) is 5.73 Å². The molecule has 0 saturated carbocycles. The summed E-state index contributed by atoms with van der Waals surface area (Å²) in [4.78, 5) is 2.36. The topological polar surface area (TPSA) is 38.5 Å². The van der Waals surface area contributed by atoms with Crippen LogP contribution in [0.1, 0.15) is 32.8 Å². The standard InChI is InChI=1S/C16H28N2O/c1-4-15(17)13-14-7-9-16(10-8-14)19-12-11-18(5-2)6-3/h7-10,15H,4-6,11-13,17H2,1-3H3. The van der Waals surface area contributed by atoms with Gasteiger partial charge in [0.2, 0.25) is 0 Å². The van der Waals surface area contributed by atoms with Crippen LogP contribution >= 0.6 is 0 Å². The second-order valence-electron chi connectivity index (χ2n) is 4.89. The number of nitrogens with zero attached hydrogens (tertiary/aromatic N) is 1. The zero-order valence-corrected chi connectivity index (χ0v) is 12.6. The van der Waals surface area contributed by atoms with Gasteiger partial charge in [0.15, 0.2) is 0 Å². The van der Waals surface area contributed by atoms with Gasteiger partial charge in [-0.05, 0) is 43.6 Å². The second kappa shape index (κ2) is 8.94. The molecule has 108 valence electrons. The smallest absolute Gasteiger partial charge is 0.119 e. The van der Waals surface area contributed by atoms with Crippen molar-refractivity contribution in [3.8, 4) is 5.75 Å². The molecular formula is C16H28N2O. The van der Waals surface area contributed by atoms with Crippen LogP contribution in [0.2, 0.25) is 0 Å². The first-order chi connectivity index (χ1) is 9.19. The van der Waals surface area contributed by atoms with Crippen LogP contribution in [0.25, 0.3) is 0 Å². The molecule has 1 aromatic rings. The predicted octanol–water partition coefficient (Wildman–Crippen LogP) is 2.69. The van der Waals surface area contributed by atoms with Crippen LogP contribution in [0.3, 0.4) is 0 Å². The Labute approximate surface area is 117 Å². The molecule has 1 unspecified atom stereocenters. The van der Waals surface area contributed by atoms with E-state index in [0.717, 1.165) is 44.8 Å². The Morgan fingerprint density at radius 1 is 1.11 bits per heavy atom. The van der Waals surface area contributed by atoms with Crippen LogP contribution in [0.5, 0.6) is 5.75 Å². The summed E-state index contributed by atoms with van der Waals surface area (Å²) in [6.07, 6.45) is 1.96. The fourth-order valence-corrected chi connectivity index (χ4v) is 2.00. The van der Waals surface area contributed by atoms with E-state index >= 15 is 0 Å². The molecule has 0 fully saturated rings. The Balaban J connectivity index is 2.35. The zero-order valence-electron chi connectivity index (χ0n) is 12.6. The van der Waals surface area contributed by atoms with Crippen molar-refractivity contribution >= 4 is 0 Å². The summed E-state index contributed by atoms with van der Waals surface area (Å²) in [7, 11) is 0. The molecule has 0 saturated heterocycles. The molecule has 0 spiro atoms. The molecule has 1 aromatic carbocycles. The van der Waals surface area contributed by atoms with Crippen LogP contribution in [-0.2, 0) is 6.42 Å². The summed E-state index contributed by atoms with van der Waals surface area (Å²) in [5.41, 5.74) is 7.23. The first-order valence-corrected chi connectivity index (χ1v) is 7.39. The van der Waals surface area contributed by atoms with Gasteiger partial charge in [0.1, 0.15) is 12.4 Å². The largest absolute Gasteiger partial charge is 0.492 e. The molecule has 2 N–H and O–H groups in total. The second-order valence-corrected chi connectivity index (χ2v) is 4.89. The van der Waals surface area contributed by atoms with E-state index in [9.17, 15) is 0 Å². The van der Waals surface area contributed by atoms with E-state index in [1.807, 2.05) is 12.1 Å². The lowest BCUT2D eigenvalue weighted by Gasteiger charge is -2.18. The molecule has 1 rings (SSSR count). The quantitative estimate of drug-likeness (QED) is 0.745. The van der Waals surface area contributed by atoms with Gasteiger partial charge in [0.05, 0.1) is 0 Å². The van der Waals surface area contributed by atoms with Crippen LogP contribution in [0.4, 0.5) is 0 Å². The molecule has 0 aliphatic carbocycles. The predicted molar refractivity (Wildman–Crippen MR) is 81.7 cm³/mol. The van der Waals surface area contributed by atoms with Gasteiger partial charge in [0, 0.05) is 12.6 Å². The average molecular weight is 264 g/mol. The van der Waals surface area contributed by atoms with Crippen molar-refractivity contribution in [3.05, 3.63) is 29.8 Å². The van der Waals surface area contributed by atoms with E-state index in [-0.39, 0.29) is 6.04 Å². The SMILES string of the molecule is CCC(N)Cc1ccc(OCCN(CC)CC)cc1. The van der Waals surface area contributed by atoms with Gasteiger partial charge in [-0.15, -0.1) is 0 Å². The van der Waals surface area contributed by atoms with Crippen LogP contribution in [0.15, 0.2) is 24.3 Å². The van der Waals surface area contributed by atoms with E-state index in [4.69, 9.17) is 10.5 Å². The molecule has 0 aliphatic rings. The van der Waals surface area contributed by atoms with Crippen molar-refractivity contribution in [2.45, 2.75) is 39.7 Å². The average Bonchev–Trinajstić information content (AvgIpc) is 2.45. The lowest BCUT2D eigenvalue weighted by Crippen LogP contribution is -2.27. The van der Waals surface area contributed by atoms with Gasteiger partial charge in [0.25, 0.3) is 0 Å². The Morgan fingerprint density at radius 2 is 1.74 bits per heavy atom. The number of ether oxygens (including phenoxy) is 1. The number of likely N-dealkylation sites (N-methyl/N-ethyl adjacent to an activating group) is 1. The number of benzene rings is 1. The molecule has 3 nitrogen and oxygen atoms in total. The lowest BCUT2D eigenvalue weighted by atomic mass is 10.0. The van der Waals surface area contributed by atoms with E-state index < -0.39 is 0 Å². The fourth-order valence-electron chi connectivity index (χ4n) is 2.00. The van der Waals surface area contributed by atoms with E-state index in [2.05, 4.69) is 37.8 Å². The van der Waals surface area contributed by atoms with Gasteiger partial charge in [-0.3, -0.25) is 0 Å². The number of nitrogens with two attached hydrogens (primary N) is 1. The highest BCUT2D eigenvalue weighted by molar-refractivity contribution is 5.27. The van der Waals surface area contributed by atoms with Gasteiger partial charge in [-0.25, -0.2) is 0 Å². The molecule has 0 aliphatic heterocycles. The molecular weight excluding hydrogens is 236 g/mol. The normalized spacial score (nSPS) is 12.7. The Morgan fingerprint density at radius 3 is 2.26 bits per heavy atom. The summed E-state index contributed by atoms with van der Waals surface area (Å²) >= 11 is 0. The minimum atomic E-state index is 0.259. The first-order valence-electron chi connectivity index (χ1n) is 7.39. The number of rotatable bonds is 9. The van der Waals surface area contributed by atoms with Crippen molar-refractivity contribution < 1.29 is 4.74 Å². The summed E-state index contributed by atoms with van der Waals surface area (Å²) in [6, 6.07) is 8.57. The summed E-state index contributed by atoms with van der Waals surface area (Å²) in [6.45, 7) is 10.4. The van der Waals surface area contributed by atoms with Crippen LogP contribution < -0.4 is 10.5 Å². The monoisotopic (exact) mass is 264 g/mol. The maximum Gasteiger partial charge on any atom is 0.119 e. The number of hydrogen-bond acceptors (Lipinski definition) is 3. The lowest BCUT2D eigenvalue weighted by molar-refractivity contribution is 0.223. The third kappa shape index (κ3) is 6.08. The maximum absolute atomic E-state index is 5.95. The molecule has 0 radical (unpaired) electrons. The van der Waals surface area contributed by atoms with Gasteiger partial charge in [-0.2, -0.15) is 0 Å². The Kier molecular flexibility index (Phi) is 7.53.